The summed E-state index contributed by atoms with van der Waals surface area (Å²) in [4.78, 5) is 26.3. The molecule has 1 atom stereocenters. The summed E-state index contributed by atoms with van der Waals surface area (Å²) in [5, 5.41) is 13.9. The number of amides is 1. The van der Waals surface area contributed by atoms with Gasteiger partial charge >= 0.3 is 12.1 Å². The molecule has 216 valence electrons. The molecule has 1 N–H and O–H groups in total. The number of benzene rings is 3. The molecule has 1 aliphatic heterocycles. The number of aryl methyl sites for hydroxylation is 1. The van der Waals surface area contributed by atoms with Gasteiger partial charge in [-0.05, 0) is 84.7 Å². The molecule has 0 saturated carbocycles. The van der Waals surface area contributed by atoms with Crippen LogP contribution in [-0.4, -0.2) is 46.7 Å². The number of aromatic nitrogens is 2. The van der Waals surface area contributed by atoms with Gasteiger partial charge in [-0.3, -0.25) is 9.58 Å². The Bertz CT molecular complexity index is 1610. The lowest BCUT2D eigenvalue weighted by Gasteiger charge is -2.34. The summed E-state index contributed by atoms with van der Waals surface area (Å²) in [6, 6.07) is 18.7. The van der Waals surface area contributed by atoms with Gasteiger partial charge in [-0.1, -0.05) is 42.5 Å². The second-order valence-electron chi connectivity index (χ2n) is 10.5. The fraction of sp³-hybridized carbons (Fsp3) is 0.265. The van der Waals surface area contributed by atoms with Gasteiger partial charge in [-0.15, -0.1) is 6.58 Å². The number of allylic oxidation sites excluding steroid dienone is 1. The van der Waals surface area contributed by atoms with E-state index in [2.05, 4.69) is 11.7 Å². The Kier molecular flexibility index (Phi) is 8.71. The molecule has 0 aliphatic carbocycles. The Morgan fingerprint density at radius 2 is 1.90 bits per heavy atom. The van der Waals surface area contributed by atoms with Crippen LogP contribution in [0.4, 0.5) is 10.5 Å². The lowest BCUT2D eigenvalue weighted by atomic mass is 9.83. The third-order valence-electron chi connectivity index (χ3n) is 7.74. The summed E-state index contributed by atoms with van der Waals surface area (Å²) in [6.07, 6.45) is 6.85. The molecular formula is C34H35N3O5. The van der Waals surface area contributed by atoms with E-state index in [1.165, 1.54) is 0 Å². The van der Waals surface area contributed by atoms with Gasteiger partial charge in [0.05, 0.1) is 24.0 Å². The maximum atomic E-state index is 13.3. The van der Waals surface area contributed by atoms with Gasteiger partial charge in [0.25, 0.3) is 0 Å². The van der Waals surface area contributed by atoms with Crippen LogP contribution in [0.15, 0.2) is 85.7 Å². The number of nitrogens with zero attached hydrogens (tertiary/aromatic N) is 3. The van der Waals surface area contributed by atoms with Crippen LogP contribution in [0.5, 0.6) is 5.75 Å². The zero-order chi connectivity index (χ0) is 29.6. The fourth-order valence-electron chi connectivity index (χ4n) is 5.46. The van der Waals surface area contributed by atoms with Crippen molar-refractivity contribution in [2.75, 3.05) is 24.7 Å². The molecule has 0 fully saturated rings. The van der Waals surface area contributed by atoms with Crippen LogP contribution in [0.3, 0.4) is 0 Å². The average molecular weight is 566 g/mol. The Morgan fingerprint density at radius 1 is 1.10 bits per heavy atom. The molecule has 0 saturated heterocycles. The van der Waals surface area contributed by atoms with Gasteiger partial charge in [-0.2, -0.15) is 5.10 Å². The van der Waals surface area contributed by atoms with Gasteiger partial charge in [0.1, 0.15) is 19.0 Å². The summed E-state index contributed by atoms with van der Waals surface area (Å²) in [5.74, 6) is 0.0292. The van der Waals surface area contributed by atoms with Crippen LogP contribution in [0.2, 0.25) is 0 Å². The Hall–Kier alpha value is -4.85. The SMILES string of the molecule is C=CCC1CCN(C(=O)OCCOc2cccc(C)c2C)c2cccc(-c3cnn(Cc4cccc(C(=O)O)c4)c3)c21. The third-order valence-corrected chi connectivity index (χ3v) is 7.74. The van der Waals surface area contributed by atoms with Crippen molar-refractivity contribution in [3.63, 3.8) is 0 Å². The first kappa shape index (κ1) is 28.7. The minimum atomic E-state index is -0.959. The summed E-state index contributed by atoms with van der Waals surface area (Å²) < 4.78 is 13.3. The lowest BCUT2D eigenvalue weighted by molar-refractivity contribution is 0.0696. The number of carboxylic acids is 1. The number of carbonyl (C=O) groups is 2. The smallest absolute Gasteiger partial charge is 0.414 e. The van der Waals surface area contributed by atoms with Crippen LogP contribution in [0, 0.1) is 13.8 Å². The van der Waals surface area contributed by atoms with E-state index in [4.69, 9.17) is 9.47 Å². The number of fused-ring (bicyclic) bond motifs is 1. The molecule has 1 amide bonds. The second kappa shape index (κ2) is 12.8. The van der Waals surface area contributed by atoms with Crippen molar-refractivity contribution < 1.29 is 24.2 Å². The first-order chi connectivity index (χ1) is 20.4. The number of aromatic carboxylic acids is 1. The first-order valence-corrected chi connectivity index (χ1v) is 14.1. The van der Waals surface area contributed by atoms with Crippen LogP contribution in [0.25, 0.3) is 11.1 Å². The van der Waals surface area contributed by atoms with E-state index in [0.717, 1.165) is 57.7 Å². The average Bonchev–Trinajstić information content (AvgIpc) is 3.45. The molecule has 0 bridgehead atoms. The number of hydrogen-bond acceptors (Lipinski definition) is 5. The highest BCUT2D eigenvalue weighted by Gasteiger charge is 2.31. The molecular weight excluding hydrogens is 530 g/mol. The molecule has 3 aromatic carbocycles. The molecule has 1 unspecified atom stereocenters. The van der Waals surface area contributed by atoms with Crippen LogP contribution >= 0.6 is 0 Å². The van der Waals surface area contributed by atoms with Crippen molar-refractivity contribution in [2.45, 2.75) is 39.2 Å². The summed E-state index contributed by atoms with van der Waals surface area (Å²) in [6.45, 7) is 9.41. The van der Waals surface area contributed by atoms with Gasteiger partial charge in [0.15, 0.2) is 0 Å². The highest BCUT2D eigenvalue weighted by Crippen LogP contribution is 2.43. The third kappa shape index (κ3) is 6.22. The minimum Gasteiger partial charge on any atom is -0.490 e. The van der Waals surface area contributed by atoms with Crippen molar-refractivity contribution in [2.24, 2.45) is 0 Å². The van der Waals surface area contributed by atoms with Gasteiger partial charge in [-0.25, -0.2) is 9.59 Å². The van der Waals surface area contributed by atoms with Gasteiger partial charge in [0, 0.05) is 18.3 Å². The maximum Gasteiger partial charge on any atom is 0.414 e. The summed E-state index contributed by atoms with van der Waals surface area (Å²) in [5.41, 5.74) is 7.14. The van der Waals surface area contributed by atoms with Crippen LogP contribution < -0.4 is 9.64 Å². The first-order valence-electron chi connectivity index (χ1n) is 14.1. The zero-order valence-electron chi connectivity index (χ0n) is 24.0. The molecule has 1 aromatic heterocycles. The number of hydrogen-bond donors (Lipinski definition) is 1. The summed E-state index contributed by atoms with van der Waals surface area (Å²) >= 11 is 0. The zero-order valence-corrected chi connectivity index (χ0v) is 24.0. The van der Waals surface area contributed by atoms with Crippen molar-refractivity contribution in [1.82, 2.24) is 9.78 Å². The highest BCUT2D eigenvalue weighted by molar-refractivity contribution is 5.92. The molecule has 42 heavy (non-hydrogen) atoms. The second-order valence-corrected chi connectivity index (χ2v) is 10.5. The molecule has 4 aromatic rings. The quantitative estimate of drug-likeness (QED) is 0.164. The van der Waals surface area contributed by atoms with E-state index >= 15 is 0 Å². The number of rotatable bonds is 10. The van der Waals surface area contributed by atoms with Gasteiger partial charge in [0.2, 0.25) is 0 Å². The molecule has 1 aliphatic rings. The number of carboxylic acid groups (broad SMARTS) is 1. The van der Waals surface area contributed by atoms with Crippen molar-refractivity contribution in [3.8, 4) is 16.9 Å². The molecule has 8 nitrogen and oxygen atoms in total. The van der Waals surface area contributed by atoms with Crippen LogP contribution in [0.1, 0.15) is 51.4 Å². The Labute approximate surface area is 245 Å². The monoisotopic (exact) mass is 565 g/mol. The predicted octanol–water partition coefficient (Wildman–Crippen LogP) is 7.00. The van der Waals surface area contributed by atoms with E-state index in [1.807, 2.05) is 74.8 Å². The molecule has 0 spiro atoms. The topological polar surface area (TPSA) is 93.9 Å². The van der Waals surface area contributed by atoms with E-state index in [9.17, 15) is 14.7 Å². The van der Waals surface area contributed by atoms with E-state index in [-0.39, 0.29) is 24.7 Å². The predicted molar refractivity (Wildman–Crippen MR) is 162 cm³/mol. The lowest BCUT2D eigenvalue weighted by Crippen LogP contribution is -2.38. The van der Waals surface area contributed by atoms with E-state index in [0.29, 0.717) is 13.1 Å². The van der Waals surface area contributed by atoms with Crippen molar-refractivity contribution >= 4 is 17.7 Å². The van der Waals surface area contributed by atoms with Crippen molar-refractivity contribution in [3.05, 3.63) is 114 Å². The minimum absolute atomic E-state index is 0.143. The molecule has 5 rings (SSSR count). The maximum absolute atomic E-state index is 13.3. The highest BCUT2D eigenvalue weighted by atomic mass is 16.6. The molecule has 0 radical (unpaired) electrons. The standard InChI is InChI=1S/C34H35N3O5/c1-4-8-26-15-16-37(34(40)42-18-17-41-31-14-5-9-23(2)24(31)3)30-13-7-12-29(32(26)30)28-20-35-36(22-28)21-25-10-6-11-27(19-25)33(38)39/h4-7,9-14,19-20,22,26H,1,8,15-18,21H2,2-3H3,(H,38,39). The van der Waals surface area contributed by atoms with E-state index < -0.39 is 12.1 Å². The molecule has 2 heterocycles. The summed E-state index contributed by atoms with van der Waals surface area (Å²) in [7, 11) is 0. The number of anilines is 1. The Morgan fingerprint density at radius 3 is 2.71 bits per heavy atom. The Balaban J connectivity index is 1.33. The van der Waals surface area contributed by atoms with Crippen LogP contribution in [-0.2, 0) is 11.3 Å². The fourth-order valence-corrected chi connectivity index (χ4v) is 5.46. The normalized spacial score (nSPS) is 14.2. The largest absolute Gasteiger partial charge is 0.490 e. The van der Waals surface area contributed by atoms with E-state index in [1.54, 1.807) is 27.8 Å². The number of carbonyl (C=O) groups excluding carboxylic acids is 1. The molecule has 8 heteroatoms. The van der Waals surface area contributed by atoms with Crippen molar-refractivity contribution in [1.29, 1.82) is 0 Å². The number of ether oxygens (including phenoxy) is 2. The van der Waals surface area contributed by atoms with Gasteiger partial charge < -0.3 is 14.6 Å².